The van der Waals surface area contributed by atoms with Gasteiger partial charge in [0.05, 0.1) is 27.3 Å². The Labute approximate surface area is 138 Å². The predicted octanol–water partition coefficient (Wildman–Crippen LogP) is 5.15. The van der Waals surface area contributed by atoms with Crippen LogP contribution in [-0.4, -0.2) is 8.96 Å². The minimum Gasteiger partial charge on any atom is -0.242 e. The molecule has 1 aromatic rings. The van der Waals surface area contributed by atoms with Gasteiger partial charge in [0.25, 0.3) is 0 Å². The van der Waals surface area contributed by atoms with Gasteiger partial charge >= 0.3 is 6.18 Å². The smallest absolute Gasteiger partial charge is 0.242 e. The molecule has 2 nitrogen and oxygen atoms in total. The summed E-state index contributed by atoms with van der Waals surface area (Å²) in [5, 5.41) is 0. The van der Waals surface area contributed by atoms with E-state index in [0.717, 1.165) is 25.0 Å². The predicted molar refractivity (Wildman–Crippen MR) is 89.3 cm³/mol. The molecule has 0 aliphatic carbocycles. The number of rotatable bonds is 6. The van der Waals surface area contributed by atoms with E-state index in [9.17, 15) is 17.4 Å². The van der Waals surface area contributed by atoms with Crippen LogP contribution in [0.1, 0.15) is 57.7 Å². The number of alkyl halides is 3. The summed E-state index contributed by atoms with van der Waals surface area (Å²) in [4.78, 5) is 0. The van der Waals surface area contributed by atoms with Crippen molar-refractivity contribution in [2.45, 2.75) is 57.5 Å². The fourth-order valence-corrected chi connectivity index (χ4v) is 2.59. The summed E-state index contributed by atoms with van der Waals surface area (Å²) in [7, 11) is -1.32. The van der Waals surface area contributed by atoms with Gasteiger partial charge in [0.2, 0.25) is 0 Å². The van der Waals surface area contributed by atoms with E-state index in [-0.39, 0.29) is 6.04 Å². The van der Waals surface area contributed by atoms with Crippen LogP contribution >= 0.6 is 0 Å². The van der Waals surface area contributed by atoms with Crippen LogP contribution < -0.4 is 4.72 Å². The number of unbranched alkanes of at least 4 members (excludes halogenated alkanes) is 1. The summed E-state index contributed by atoms with van der Waals surface area (Å²) in [6.45, 7) is 7.57. The van der Waals surface area contributed by atoms with Crippen LogP contribution in [0.3, 0.4) is 0 Å². The quantitative estimate of drug-likeness (QED) is 0.708. The van der Waals surface area contributed by atoms with Crippen LogP contribution in [0.25, 0.3) is 0 Å². The first-order chi connectivity index (χ1) is 10.6. The SMILES string of the molecule is CCC/C=C\[C@@H](NS(=O)C(C)(C)C)c1ccc(C(F)(F)F)cc1. The summed E-state index contributed by atoms with van der Waals surface area (Å²) >= 11 is 0. The maximum atomic E-state index is 12.7. The maximum Gasteiger partial charge on any atom is 0.416 e. The number of hydrogen-bond donors (Lipinski definition) is 1. The highest BCUT2D eigenvalue weighted by Crippen LogP contribution is 2.30. The standard InChI is InChI=1S/C17H24F3NOS/c1-5-6-7-8-15(21-23(22)16(2,3)4)13-9-11-14(12-10-13)17(18,19)20/h7-12,15,21H,5-6H2,1-4H3/b8-7-/t15-,23?/m1/s1. The second kappa shape index (κ2) is 8.11. The van der Waals surface area contributed by atoms with E-state index >= 15 is 0 Å². The summed E-state index contributed by atoms with van der Waals surface area (Å²) < 4.78 is 52.8. The van der Waals surface area contributed by atoms with Crippen LogP contribution in [0, 0.1) is 0 Å². The van der Waals surface area contributed by atoms with E-state index in [0.29, 0.717) is 5.56 Å². The second-order valence-corrected chi connectivity index (χ2v) is 8.31. The molecular weight excluding hydrogens is 323 g/mol. The van der Waals surface area contributed by atoms with Crippen molar-refractivity contribution in [3.63, 3.8) is 0 Å². The maximum absolute atomic E-state index is 12.7. The lowest BCUT2D eigenvalue weighted by atomic mass is 10.0. The Morgan fingerprint density at radius 2 is 1.74 bits per heavy atom. The van der Waals surface area contributed by atoms with Crippen LogP contribution in [0.4, 0.5) is 13.2 Å². The van der Waals surface area contributed by atoms with Gasteiger partial charge in [-0.15, -0.1) is 0 Å². The van der Waals surface area contributed by atoms with Crippen LogP contribution in [0.15, 0.2) is 36.4 Å². The Hall–Kier alpha value is -1.14. The molecule has 0 aliphatic heterocycles. The second-order valence-electron chi connectivity index (χ2n) is 6.31. The minimum atomic E-state index is -4.35. The van der Waals surface area contributed by atoms with Gasteiger partial charge in [-0.05, 0) is 44.9 Å². The van der Waals surface area contributed by atoms with E-state index in [4.69, 9.17) is 0 Å². The largest absolute Gasteiger partial charge is 0.416 e. The Morgan fingerprint density at radius 1 is 1.17 bits per heavy atom. The van der Waals surface area contributed by atoms with Gasteiger partial charge in [0, 0.05) is 0 Å². The molecule has 23 heavy (non-hydrogen) atoms. The number of allylic oxidation sites excluding steroid dienone is 1. The van der Waals surface area contributed by atoms with Crippen molar-refractivity contribution < 1.29 is 17.4 Å². The molecule has 130 valence electrons. The first-order valence-corrected chi connectivity index (χ1v) is 8.72. The molecular formula is C17H24F3NOS. The molecule has 1 aromatic carbocycles. The lowest BCUT2D eigenvalue weighted by molar-refractivity contribution is -0.137. The molecule has 0 amide bonds. The molecule has 1 N–H and O–H groups in total. The summed E-state index contributed by atoms with van der Waals surface area (Å²) in [6, 6.07) is 4.58. The summed E-state index contributed by atoms with van der Waals surface area (Å²) in [5.41, 5.74) is -0.0302. The van der Waals surface area contributed by atoms with E-state index in [2.05, 4.69) is 4.72 Å². The van der Waals surface area contributed by atoms with Crippen molar-refractivity contribution in [3.05, 3.63) is 47.5 Å². The Balaban J connectivity index is 3.02. The third-order valence-electron chi connectivity index (χ3n) is 3.17. The van der Waals surface area contributed by atoms with Crippen molar-refractivity contribution >= 4 is 11.0 Å². The highest BCUT2D eigenvalue weighted by molar-refractivity contribution is 7.84. The molecule has 2 atom stereocenters. The van der Waals surface area contributed by atoms with E-state index < -0.39 is 27.5 Å². The molecule has 0 bridgehead atoms. The third kappa shape index (κ3) is 6.47. The zero-order valence-electron chi connectivity index (χ0n) is 13.9. The van der Waals surface area contributed by atoms with Crippen LogP contribution in [0.5, 0.6) is 0 Å². The molecule has 0 aliphatic rings. The molecule has 0 saturated heterocycles. The number of hydrogen-bond acceptors (Lipinski definition) is 1. The molecule has 0 aromatic heterocycles. The van der Waals surface area contributed by atoms with Crippen molar-refractivity contribution in [3.8, 4) is 0 Å². The molecule has 0 spiro atoms. The van der Waals surface area contributed by atoms with Crippen molar-refractivity contribution in [1.29, 1.82) is 0 Å². The van der Waals surface area contributed by atoms with E-state index in [1.807, 2.05) is 39.8 Å². The zero-order chi connectivity index (χ0) is 17.7. The number of halogens is 3. The highest BCUT2D eigenvalue weighted by atomic mass is 32.2. The van der Waals surface area contributed by atoms with Crippen molar-refractivity contribution in [2.75, 3.05) is 0 Å². The lowest BCUT2D eigenvalue weighted by Crippen LogP contribution is -2.35. The van der Waals surface area contributed by atoms with Crippen molar-refractivity contribution in [1.82, 2.24) is 4.72 Å². The van der Waals surface area contributed by atoms with E-state index in [1.165, 1.54) is 12.1 Å². The van der Waals surface area contributed by atoms with Crippen LogP contribution in [0.2, 0.25) is 0 Å². The van der Waals surface area contributed by atoms with Gasteiger partial charge in [-0.3, -0.25) is 0 Å². The fourth-order valence-electron chi connectivity index (χ4n) is 1.79. The topological polar surface area (TPSA) is 29.1 Å². The summed E-state index contributed by atoms with van der Waals surface area (Å²) in [5.74, 6) is 0. The van der Waals surface area contributed by atoms with Gasteiger partial charge in [-0.2, -0.15) is 13.2 Å². The Kier molecular flexibility index (Phi) is 7.02. The van der Waals surface area contributed by atoms with Crippen LogP contribution in [-0.2, 0) is 17.2 Å². The minimum absolute atomic E-state index is 0.385. The number of nitrogens with one attached hydrogen (secondary N) is 1. The summed E-state index contributed by atoms with van der Waals surface area (Å²) in [6.07, 6.45) is 1.29. The number of benzene rings is 1. The monoisotopic (exact) mass is 347 g/mol. The van der Waals surface area contributed by atoms with E-state index in [1.54, 1.807) is 0 Å². The van der Waals surface area contributed by atoms with Crippen molar-refractivity contribution in [2.24, 2.45) is 0 Å². The molecule has 0 heterocycles. The van der Waals surface area contributed by atoms with Gasteiger partial charge < -0.3 is 0 Å². The first-order valence-electron chi connectivity index (χ1n) is 7.57. The molecule has 1 unspecified atom stereocenters. The zero-order valence-corrected chi connectivity index (χ0v) is 14.7. The van der Waals surface area contributed by atoms with Gasteiger partial charge in [-0.1, -0.05) is 37.6 Å². The average molecular weight is 347 g/mol. The first kappa shape index (κ1) is 19.9. The third-order valence-corrected chi connectivity index (χ3v) is 4.75. The Morgan fingerprint density at radius 3 is 2.17 bits per heavy atom. The normalized spacial score (nSPS) is 15.8. The lowest BCUT2D eigenvalue weighted by Gasteiger charge is -2.23. The Bertz CT molecular complexity index is 544. The average Bonchev–Trinajstić information content (AvgIpc) is 2.44. The van der Waals surface area contributed by atoms with Gasteiger partial charge in [0.1, 0.15) is 0 Å². The molecule has 6 heteroatoms. The molecule has 0 radical (unpaired) electrons. The van der Waals surface area contributed by atoms with Gasteiger partial charge in [-0.25, -0.2) is 8.93 Å². The molecule has 0 fully saturated rings. The fraction of sp³-hybridized carbons (Fsp3) is 0.529. The van der Waals surface area contributed by atoms with Gasteiger partial charge in [0.15, 0.2) is 0 Å². The highest BCUT2D eigenvalue weighted by Gasteiger charge is 2.30. The molecule has 0 saturated carbocycles. The molecule has 1 rings (SSSR count).